The summed E-state index contributed by atoms with van der Waals surface area (Å²) in [5.41, 5.74) is 9.40. The maximum absolute atomic E-state index is 12.1. The molecule has 0 radical (unpaired) electrons. The summed E-state index contributed by atoms with van der Waals surface area (Å²) in [5, 5.41) is 0. The van der Waals surface area contributed by atoms with E-state index in [1.54, 1.807) is 0 Å². The molecule has 2 rings (SSSR count). The zero-order valence-corrected chi connectivity index (χ0v) is 12.5. The second-order valence-corrected chi connectivity index (χ2v) is 5.07. The van der Waals surface area contributed by atoms with Gasteiger partial charge in [-0.25, -0.2) is 0 Å². The number of carbonyl (C=O) groups is 1. The van der Waals surface area contributed by atoms with Crippen molar-refractivity contribution in [2.75, 3.05) is 13.1 Å². The van der Waals surface area contributed by atoms with Gasteiger partial charge in [-0.1, -0.05) is 18.2 Å². The molecule has 0 aromatic heterocycles. The number of rotatable bonds is 3. The Hall–Kier alpha value is -1.06. The van der Waals surface area contributed by atoms with Crippen molar-refractivity contribution < 1.29 is 4.79 Å². The van der Waals surface area contributed by atoms with Crippen molar-refractivity contribution in [1.82, 2.24) is 4.90 Å². The minimum absolute atomic E-state index is 0. The van der Waals surface area contributed by atoms with Crippen LogP contribution in [0, 0.1) is 13.8 Å². The molecular formula is C15H23ClN2O. The molecule has 1 fully saturated rings. The van der Waals surface area contributed by atoms with Crippen molar-refractivity contribution in [2.24, 2.45) is 5.73 Å². The molecule has 1 unspecified atom stereocenters. The number of halogens is 1. The van der Waals surface area contributed by atoms with E-state index in [4.69, 9.17) is 5.73 Å². The largest absolute Gasteiger partial charge is 0.336 e. The Bertz CT molecular complexity index is 448. The molecule has 1 amide bonds. The van der Waals surface area contributed by atoms with E-state index in [0.717, 1.165) is 19.4 Å². The number of likely N-dealkylation sites (tertiary alicyclic amines) is 1. The third-order valence-electron chi connectivity index (χ3n) is 3.94. The van der Waals surface area contributed by atoms with Crippen LogP contribution < -0.4 is 5.73 Å². The Kier molecular flexibility index (Phi) is 5.83. The molecule has 1 heterocycles. The molecule has 1 aliphatic rings. The normalized spacial score (nSPS) is 18.3. The highest BCUT2D eigenvalue weighted by molar-refractivity contribution is 5.85. The molecule has 19 heavy (non-hydrogen) atoms. The molecule has 1 aromatic carbocycles. The van der Waals surface area contributed by atoms with Crippen molar-refractivity contribution in [2.45, 2.75) is 39.2 Å². The fraction of sp³-hybridized carbons (Fsp3) is 0.533. The van der Waals surface area contributed by atoms with Gasteiger partial charge in [0.15, 0.2) is 0 Å². The topological polar surface area (TPSA) is 46.3 Å². The van der Waals surface area contributed by atoms with Gasteiger partial charge in [0.05, 0.1) is 6.04 Å². The molecule has 1 atom stereocenters. The lowest BCUT2D eigenvalue weighted by molar-refractivity contribution is -0.131. The van der Waals surface area contributed by atoms with Crippen molar-refractivity contribution in [1.29, 1.82) is 0 Å². The van der Waals surface area contributed by atoms with E-state index >= 15 is 0 Å². The second kappa shape index (κ2) is 6.92. The standard InChI is InChI=1S/C15H22N2O.ClH/c1-11-5-3-6-13(12(11)2)14-7-4-10-17(14)15(18)8-9-16;/h3,5-6,14H,4,7-10,16H2,1-2H3;1H. The van der Waals surface area contributed by atoms with Crippen LogP contribution in [0.1, 0.15) is 42.0 Å². The van der Waals surface area contributed by atoms with Crippen LogP contribution in [-0.4, -0.2) is 23.9 Å². The summed E-state index contributed by atoms with van der Waals surface area (Å²) < 4.78 is 0. The van der Waals surface area contributed by atoms with Gasteiger partial charge in [-0.2, -0.15) is 0 Å². The number of benzene rings is 1. The highest BCUT2D eigenvalue weighted by Crippen LogP contribution is 2.34. The fourth-order valence-electron chi connectivity index (χ4n) is 2.79. The molecule has 2 N–H and O–H groups in total. The zero-order valence-electron chi connectivity index (χ0n) is 11.7. The predicted molar refractivity (Wildman–Crippen MR) is 80.5 cm³/mol. The number of aryl methyl sites for hydroxylation is 1. The van der Waals surface area contributed by atoms with Crippen LogP contribution in [0.15, 0.2) is 18.2 Å². The summed E-state index contributed by atoms with van der Waals surface area (Å²) in [6.45, 7) is 5.58. The number of carbonyl (C=O) groups excluding carboxylic acids is 1. The van der Waals surface area contributed by atoms with E-state index < -0.39 is 0 Å². The minimum atomic E-state index is 0. The molecule has 0 bridgehead atoms. The van der Waals surface area contributed by atoms with Gasteiger partial charge in [0.1, 0.15) is 0 Å². The Morgan fingerprint density at radius 3 is 2.84 bits per heavy atom. The summed E-state index contributed by atoms with van der Waals surface area (Å²) in [6.07, 6.45) is 2.62. The van der Waals surface area contributed by atoms with E-state index in [2.05, 4.69) is 32.0 Å². The highest BCUT2D eigenvalue weighted by atomic mass is 35.5. The van der Waals surface area contributed by atoms with Gasteiger partial charge < -0.3 is 10.6 Å². The van der Waals surface area contributed by atoms with Gasteiger partial charge in [-0.3, -0.25) is 4.79 Å². The van der Waals surface area contributed by atoms with Crippen LogP contribution in [0.4, 0.5) is 0 Å². The van der Waals surface area contributed by atoms with E-state index in [1.165, 1.54) is 16.7 Å². The first-order chi connectivity index (χ1) is 8.65. The summed E-state index contributed by atoms with van der Waals surface area (Å²) in [4.78, 5) is 14.1. The number of nitrogens with zero attached hydrogens (tertiary/aromatic N) is 1. The molecular weight excluding hydrogens is 260 g/mol. The third-order valence-corrected chi connectivity index (χ3v) is 3.94. The molecule has 0 saturated carbocycles. The van der Waals surface area contributed by atoms with Crippen molar-refractivity contribution in [3.05, 3.63) is 34.9 Å². The third kappa shape index (κ3) is 3.28. The summed E-state index contributed by atoms with van der Waals surface area (Å²) >= 11 is 0. The average Bonchev–Trinajstić information content (AvgIpc) is 2.82. The summed E-state index contributed by atoms with van der Waals surface area (Å²) in [5.74, 6) is 0.195. The maximum Gasteiger partial charge on any atom is 0.224 e. The summed E-state index contributed by atoms with van der Waals surface area (Å²) in [7, 11) is 0. The second-order valence-electron chi connectivity index (χ2n) is 5.07. The smallest absolute Gasteiger partial charge is 0.224 e. The van der Waals surface area contributed by atoms with Crippen LogP contribution in [0.2, 0.25) is 0 Å². The molecule has 1 aliphatic heterocycles. The fourth-order valence-corrected chi connectivity index (χ4v) is 2.79. The molecule has 0 spiro atoms. The van der Waals surface area contributed by atoms with Crippen LogP contribution in [0.3, 0.4) is 0 Å². The summed E-state index contributed by atoms with van der Waals surface area (Å²) in [6, 6.07) is 6.62. The van der Waals surface area contributed by atoms with Gasteiger partial charge in [-0.05, 0) is 43.4 Å². The van der Waals surface area contributed by atoms with Crippen molar-refractivity contribution in [3.63, 3.8) is 0 Å². The molecule has 0 aliphatic carbocycles. The zero-order chi connectivity index (χ0) is 13.1. The van der Waals surface area contributed by atoms with Gasteiger partial charge in [-0.15, -0.1) is 12.4 Å². The number of amides is 1. The Balaban J connectivity index is 0.00000180. The molecule has 4 heteroatoms. The first-order valence-electron chi connectivity index (χ1n) is 6.70. The van der Waals surface area contributed by atoms with Crippen LogP contribution in [0.5, 0.6) is 0 Å². The monoisotopic (exact) mass is 282 g/mol. The van der Waals surface area contributed by atoms with Crippen LogP contribution in [0.25, 0.3) is 0 Å². The van der Waals surface area contributed by atoms with E-state index in [9.17, 15) is 4.79 Å². The lowest BCUT2D eigenvalue weighted by atomic mass is 9.96. The van der Waals surface area contributed by atoms with Crippen LogP contribution in [-0.2, 0) is 4.79 Å². The number of nitrogens with two attached hydrogens (primary N) is 1. The minimum Gasteiger partial charge on any atom is -0.336 e. The van der Waals surface area contributed by atoms with Gasteiger partial charge in [0.25, 0.3) is 0 Å². The SMILES string of the molecule is Cc1cccc(C2CCCN2C(=O)CCN)c1C.Cl. The molecule has 1 saturated heterocycles. The van der Waals surface area contributed by atoms with Gasteiger partial charge in [0.2, 0.25) is 5.91 Å². The van der Waals surface area contributed by atoms with Crippen molar-refractivity contribution in [3.8, 4) is 0 Å². The number of hydrogen-bond donors (Lipinski definition) is 1. The molecule has 1 aromatic rings. The first kappa shape index (κ1) is 16.0. The van der Waals surface area contributed by atoms with E-state index in [0.29, 0.717) is 13.0 Å². The van der Waals surface area contributed by atoms with Crippen LogP contribution >= 0.6 is 12.4 Å². The highest BCUT2D eigenvalue weighted by Gasteiger charge is 2.30. The number of hydrogen-bond acceptors (Lipinski definition) is 2. The Morgan fingerprint density at radius 1 is 1.42 bits per heavy atom. The predicted octanol–water partition coefficient (Wildman–Crippen LogP) is 2.74. The van der Waals surface area contributed by atoms with E-state index in [-0.39, 0.29) is 24.4 Å². The first-order valence-corrected chi connectivity index (χ1v) is 6.70. The maximum atomic E-state index is 12.1. The van der Waals surface area contributed by atoms with Crippen molar-refractivity contribution >= 4 is 18.3 Å². The lowest BCUT2D eigenvalue weighted by Crippen LogP contribution is -2.32. The quantitative estimate of drug-likeness (QED) is 0.927. The Labute approximate surface area is 121 Å². The molecule has 3 nitrogen and oxygen atoms in total. The molecule has 106 valence electrons. The van der Waals surface area contributed by atoms with E-state index in [1.807, 2.05) is 4.90 Å². The average molecular weight is 283 g/mol. The van der Waals surface area contributed by atoms with Gasteiger partial charge in [0, 0.05) is 19.5 Å². The van der Waals surface area contributed by atoms with Gasteiger partial charge >= 0.3 is 0 Å². The lowest BCUT2D eigenvalue weighted by Gasteiger charge is -2.26. The Morgan fingerprint density at radius 2 is 2.16 bits per heavy atom.